The minimum atomic E-state index is -4.31. The van der Waals surface area contributed by atoms with Crippen LogP contribution >= 0.6 is 11.6 Å². The predicted molar refractivity (Wildman–Crippen MR) is 73.0 cm³/mol. The van der Waals surface area contributed by atoms with Gasteiger partial charge in [-0.15, -0.1) is 0 Å². The number of hydrogen-bond acceptors (Lipinski definition) is 3. The van der Waals surface area contributed by atoms with Crippen molar-refractivity contribution in [2.75, 3.05) is 10.5 Å². The molecule has 3 N–H and O–H groups in total. The molecule has 0 aliphatic rings. The lowest BCUT2D eigenvalue weighted by atomic mass is 10.3. The summed E-state index contributed by atoms with van der Waals surface area (Å²) in [6.45, 7) is 0. The summed E-state index contributed by atoms with van der Waals surface area (Å²) in [5, 5.41) is -0.252. The molecule has 0 fully saturated rings. The number of anilines is 2. The van der Waals surface area contributed by atoms with E-state index >= 15 is 0 Å². The molecule has 0 spiro atoms. The third-order valence-electron chi connectivity index (χ3n) is 2.44. The van der Waals surface area contributed by atoms with Crippen molar-refractivity contribution in [2.45, 2.75) is 4.90 Å². The minimum Gasteiger partial charge on any atom is -0.399 e. The topological polar surface area (TPSA) is 72.2 Å². The van der Waals surface area contributed by atoms with Crippen molar-refractivity contribution >= 4 is 33.0 Å². The van der Waals surface area contributed by atoms with Crippen LogP contribution in [0.2, 0.25) is 5.02 Å². The van der Waals surface area contributed by atoms with Crippen molar-refractivity contribution < 1.29 is 17.2 Å². The first-order valence-corrected chi connectivity index (χ1v) is 7.19. The summed E-state index contributed by atoms with van der Waals surface area (Å²) in [5.74, 6) is -1.93. The van der Waals surface area contributed by atoms with E-state index in [1.54, 1.807) is 0 Å². The Balaban J connectivity index is 2.46. The molecule has 0 saturated heterocycles. The fourth-order valence-corrected chi connectivity index (χ4v) is 2.86. The van der Waals surface area contributed by atoms with E-state index in [1.165, 1.54) is 24.3 Å². The number of sulfonamides is 1. The van der Waals surface area contributed by atoms with Gasteiger partial charge in [0.25, 0.3) is 10.0 Å². The van der Waals surface area contributed by atoms with Crippen LogP contribution in [-0.2, 0) is 10.0 Å². The van der Waals surface area contributed by atoms with Crippen molar-refractivity contribution in [2.24, 2.45) is 0 Å². The molecule has 0 aliphatic carbocycles. The van der Waals surface area contributed by atoms with Crippen LogP contribution in [0, 0.1) is 11.6 Å². The Morgan fingerprint density at radius 1 is 1.15 bits per heavy atom. The molecule has 0 atom stereocenters. The number of rotatable bonds is 3. The van der Waals surface area contributed by atoms with E-state index in [4.69, 9.17) is 17.3 Å². The lowest BCUT2D eigenvalue weighted by Crippen LogP contribution is -2.16. The van der Waals surface area contributed by atoms with Gasteiger partial charge in [-0.2, -0.15) is 0 Å². The van der Waals surface area contributed by atoms with Crippen LogP contribution in [0.5, 0.6) is 0 Å². The van der Waals surface area contributed by atoms with Crippen LogP contribution in [0.25, 0.3) is 0 Å². The van der Waals surface area contributed by atoms with Gasteiger partial charge in [0.05, 0.1) is 10.7 Å². The SMILES string of the molecule is Nc1ccc(F)c(S(=O)(=O)Nc2cccc(Cl)c2F)c1. The van der Waals surface area contributed by atoms with Crippen LogP contribution in [0.15, 0.2) is 41.3 Å². The van der Waals surface area contributed by atoms with E-state index in [0.29, 0.717) is 0 Å². The smallest absolute Gasteiger partial charge is 0.264 e. The molecule has 0 aromatic heterocycles. The van der Waals surface area contributed by atoms with Crippen molar-refractivity contribution in [3.63, 3.8) is 0 Å². The van der Waals surface area contributed by atoms with Crippen LogP contribution in [0.1, 0.15) is 0 Å². The summed E-state index contributed by atoms with van der Waals surface area (Å²) in [5.41, 5.74) is 5.11. The maximum atomic E-state index is 13.7. The van der Waals surface area contributed by atoms with Gasteiger partial charge >= 0.3 is 0 Å². The van der Waals surface area contributed by atoms with Gasteiger partial charge in [-0.3, -0.25) is 4.72 Å². The summed E-state index contributed by atoms with van der Waals surface area (Å²) in [7, 11) is -4.31. The average Bonchev–Trinajstić information content (AvgIpc) is 2.37. The highest BCUT2D eigenvalue weighted by Gasteiger charge is 2.21. The monoisotopic (exact) mass is 318 g/mol. The zero-order chi connectivity index (χ0) is 14.9. The van der Waals surface area contributed by atoms with Gasteiger partial charge in [0.15, 0.2) is 5.82 Å². The molecule has 8 heteroatoms. The molecular formula is C12H9ClF2N2O2S. The van der Waals surface area contributed by atoms with E-state index in [-0.39, 0.29) is 16.4 Å². The van der Waals surface area contributed by atoms with E-state index in [1.807, 2.05) is 4.72 Å². The van der Waals surface area contributed by atoms with Crippen LogP contribution in [0.3, 0.4) is 0 Å². The third-order valence-corrected chi connectivity index (χ3v) is 4.11. The van der Waals surface area contributed by atoms with Gasteiger partial charge < -0.3 is 5.73 Å². The number of hydrogen-bond donors (Lipinski definition) is 2. The number of halogens is 3. The molecule has 0 unspecified atom stereocenters. The summed E-state index contributed by atoms with van der Waals surface area (Å²) in [6.07, 6.45) is 0. The lowest BCUT2D eigenvalue weighted by molar-refractivity contribution is 0.569. The van der Waals surface area contributed by atoms with Crippen LogP contribution in [-0.4, -0.2) is 8.42 Å². The highest BCUT2D eigenvalue weighted by Crippen LogP contribution is 2.26. The molecule has 0 saturated carbocycles. The quantitative estimate of drug-likeness (QED) is 0.854. The highest BCUT2D eigenvalue weighted by molar-refractivity contribution is 7.92. The molecule has 0 radical (unpaired) electrons. The summed E-state index contributed by atoms with van der Waals surface area (Å²) in [6, 6.07) is 6.87. The fourth-order valence-electron chi connectivity index (χ4n) is 1.51. The Morgan fingerprint density at radius 2 is 1.85 bits per heavy atom. The number of nitrogen functional groups attached to an aromatic ring is 1. The third kappa shape index (κ3) is 2.83. The molecule has 2 aromatic carbocycles. The second-order valence-electron chi connectivity index (χ2n) is 3.90. The van der Waals surface area contributed by atoms with Gasteiger partial charge in [-0.1, -0.05) is 17.7 Å². The first kappa shape index (κ1) is 14.5. The van der Waals surface area contributed by atoms with Crippen molar-refractivity contribution in [3.05, 3.63) is 53.1 Å². The minimum absolute atomic E-state index is 0.0679. The van der Waals surface area contributed by atoms with Crippen LogP contribution < -0.4 is 10.5 Å². The summed E-state index contributed by atoms with van der Waals surface area (Å²) < 4.78 is 53.2. The Hall–Kier alpha value is -1.86. The average molecular weight is 319 g/mol. The Labute approximate surface area is 119 Å². The van der Waals surface area contributed by atoms with Gasteiger partial charge in [-0.05, 0) is 30.3 Å². The van der Waals surface area contributed by atoms with Crippen molar-refractivity contribution in [1.82, 2.24) is 0 Å². The molecule has 2 aromatic rings. The molecule has 20 heavy (non-hydrogen) atoms. The zero-order valence-electron chi connectivity index (χ0n) is 9.90. The molecule has 2 rings (SSSR count). The largest absolute Gasteiger partial charge is 0.399 e. The van der Waals surface area contributed by atoms with Crippen molar-refractivity contribution in [3.8, 4) is 0 Å². The van der Waals surface area contributed by atoms with E-state index in [9.17, 15) is 17.2 Å². The van der Waals surface area contributed by atoms with Gasteiger partial charge in [0, 0.05) is 5.69 Å². The second kappa shape index (κ2) is 5.26. The number of nitrogens with one attached hydrogen (secondary N) is 1. The Morgan fingerprint density at radius 3 is 2.55 bits per heavy atom. The highest BCUT2D eigenvalue weighted by atomic mass is 35.5. The first-order valence-electron chi connectivity index (χ1n) is 5.33. The normalized spacial score (nSPS) is 11.3. The molecule has 4 nitrogen and oxygen atoms in total. The first-order chi connectivity index (χ1) is 9.31. The van der Waals surface area contributed by atoms with Crippen LogP contribution in [0.4, 0.5) is 20.2 Å². The Kier molecular flexibility index (Phi) is 3.82. The van der Waals surface area contributed by atoms with E-state index in [0.717, 1.165) is 12.1 Å². The fraction of sp³-hybridized carbons (Fsp3) is 0. The Bertz CT molecular complexity index is 766. The van der Waals surface area contributed by atoms with Gasteiger partial charge in [0.2, 0.25) is 0 Å². The standard InChI is InChI=1S/C12H9ClF2N2O2S/c13-8-2-1-3-10(12(8)15)17-20(18,19)11-6-7(16)4-5-9(11)14/h1-6,17H,16H2. The molecule has 0 amide bonds. The van der Waals surface area contributed by atoms with E-state index < -0.39 is 26.6 Å². The molecule has 106 valence electrons. The summed E-state index contributed by atoms with van der Waals surface area (Å²) in [4.78, 5) is -0.670. The maximum Gasteiger partial charge on any atom is 0.264 e. The second-order valence-corrected chi connectivity index (χ2v) is 5.95. The number of nitrogens with two attached hydrogens (primary N) is 1. The predicted octanol–water partition coefficient (Wildman–Crippen LogP) is 3.00. The molecule has 0 bridgehead atoms. The molecular weight excluding hydrogens is 310 g/mol. The van der Waals surface area contributed by atoms with Gasteiger partial charge in [-0.25, -0.2) is 17.2 Å². The summed E-state index contributed by atoms with van der Waals surface area (Å²) >= 11 is 5.54. The van der Waals surface area contributed by atoms with Gasteiger partial charge in [0.1, 0.15) is 10.7 Å². The molecule has 0 heterocycles. The van der Waals surface area contributed by atoms with Crippen molar-refractivity contribution in [1.29, 1.82) is 0 Å². The maximum absolute atomic E-state index is 13.7. The van der Waals surface area contributed by atoms with E-state index in [2.05, 4.69) is 0 Å². The molecule has 0 aliphatic heterocycles. The zero-order valence-corrected chi connectivity index (χ0v) is 11.5. The lowest BCUT2D eigenvalue weighted by Gasteiger charge is -2.10. The number of benzene rings is 2.